The number of aromatic nitrogens is 1. The summed E-state index contributed by atoms with van der Waals surface area (Å²) in [6.45, 7) is 0. The number of hydrogen-bond acceptors (Lipinski definition) is 3. The van der Waals surface area contributed by atoms with E-state index in [1.54, 1.807) is 0 Å². The molecule has 0 spiro atoms. The van der Waals surface area contributed by atoms with Crippen LogP contribution in [0.15, 0.2) is 6.20 Å². The van der Waals surface area contributed by atoms with Gasteiger partial charge in [-0.15, -0.1) is 0 Å². The van der Waals surface area contributed by atoms with Crippen LogP contribution >= 0.6 is 11.6 Å². The van der Waals surface area contributed by atoms with Crippen molar-refractivity contribution in [3.8, 4) is 0 Å². The molecular weight excluding hydrogens is 247 g/mol. The van der Waals surface area contributed by atoms with Crippen molar-refractivity contribution in [2.75, 3.05) is 7.11 Å². The maximum absolute atomic E-state index is 13.2. The molecule has 7 heteroatoms. The molecule has 0 aromatic carbocycles. The van der Waals surface area contributed by atoms with E-state index in [1.807, 2.05) is 0 Å². The molecule has 1 aromatic heterocycles. The predicted molar refractivity (Wildman–Crippen MR) is 49.9 cm³/mol. The molecular formula is C9H7ClF3NO2. The van der Waals surface area contributed by atoms with Crippen LogP contribution in [0.1, 0.15) is 17.6 Å². The van der Waals surface area contributed by atoms with Crippen LogP contribution < -0.4 is 0 Å². The van der Waals surface area contributed by atoms with Gasteiger partial charge < -0.3 is 4.74 Å². The minimum Gasteiger partial charge on any atom is -0.469 e. The van der Waals surface area contributed by atoms with Crippen LogP contribution in [0, 0.1) is 5.95 Å². The minimum atomic E-state index is -2.98. The molecule has 0 amide bonds. The molecule has 0 N–H and O–H groups in total. The number of esters is 1. The molecule has 0 saturated carbocycles. The number of halogens is 4. The average molecular weight is 254 g/mol. The van der Waals surface area contributed by atoms with Crippen molar-refractivity contribution in [2.45, 2.75) is 12.8 Å². The van der Waals surface area contributed by atoms with Crippen LogP contribution in [0.3, 0.4) is 0 Å². The van der Waals surface area contributed by atoms with Gasteiger partial charge in [-0.1, -0.05) is 11.6 Å². The highest BCUT2D eigenvalue weighted by Crippen LogP contribution is 2.31. The fourth-order valence-electron chi connectivity index (χ4n) is 1.14. The summed E-state index contributed by atoms with van der Waals surface area (Å²) in [5, 5.41) is -0.379. The van der Waals surface area contributed by atoms with Crippen molar-refractivity contribution >= 4 is 17.6 Å². The molecule has 0 saturated heterocycles. The summed E-state index contributed by atoms with van der Waals surface area (Å²) in [4.78, 5) is 14.1. The molecule has 1 heterocycles. The Hall–Kier alpha value is -1.30. The Morgan fingerprint density at radius 1 is 1.62 bits per heavy atom. The maximum Gasteiger partial charge on any atom is 0.310 e. The normalized spacial score (nSPS) is 10.6. The summed E-state index contributed by atoms with van der Waals surface area (Å²) >= 11 is 5.46. The maximum atomic E-state index is 13.2. The highest BCUT2D eigenvalue weighted by atomic mass is 35.5. The first-order valence-electron chi connectivity index (χ1n) is 4.15. The number of rotatable bonds is 3. The lowest BCUT2D eigenvalue weighted by atomic mass is 10.1. The van der Waals surface area contributed by atoms with E-state index in [0.29, 0.717) is 0 Å². The van der Waals surface area contributed by atoms with Crippen molar-refractivity contribution < 1.29 is 22.7 Å². The first kappa shape index (κ1) is 12.8. The smallest absolute Gasteiger partial charge is 0.310 e. The van der Waals surface area contributed by atoms with Crippen LogP contribution in [0.5, 0.6) is 0 Å². The molecule has 1 aromatic rings. The van der Waals surface area contributed by atoms with E-state index in [9.17, 15) is 18.0 Å². The van der Waals surface area contributed by atoms with Crippen molar-refractivity contribution in [1.82, 2.24) is 4.98 Å². The molecule has 0 aliphatic carbocycles. The number of methoxy groups -OCH3 is 1. The SMILES string of the molecule is COC(=O)Cc1c(F)ncc(Cl)c1C(F)F. The van der Waals surface area contributed by atoms with Gasteiger partial charge in [-0.05, 0) is 0 Å². The third kappa shape index (κ3) is 2.63. The molecule has 0 atom stereocenters. The Morgan fingerprint density at radius 3 is 2.75 bits per heavy atom. The number of pyridine rings is 1. The lowest BCUT2D eigenvalue weighted by Crippen LogP contribution is -2.11. The quantitative estimate of drug-likeness (QED) is 0.614. The Labute approximate surface area is 94.2 Å². The van der Waals surface area contributed by atoms with Gasteiger partial charge in [-0.2, -0.15) is 4.39 Å². The number of hydrogen-bond donors (Lipinski definition) is 0. The van der Waals surface area contributed by atoms with Gasteiger partial charge in [0.05, 0.1) is 18.6 Å². The van der Waals surface area contributed by atoms with Gasteiger partial charge in [0, 0.05) is 17.3 Å². The van der Waals surface area contributed by atoms with Gasteiger partial charge in [0.25, 0.3) is 6.43 Å². The summed E-state index contributed by atoms with van der Waals surface area (Å²) in [7, 11) is 1.07. The van der Waals surface area contributed by atoms with E-state index >= 15 is 0 Å². The molecule has 1 rings (SSSR count). The standard InChI is InChI=1S/C9H7ClF3NO2/c1-16-6(15)2-4-7(8(11)12)5(10)3-14-9(4)13/h3,8H,2H2,1H3. The van der Waals surface area contributed by atoms with E-state index in [2.05, 4.69) is 9.72 Å². The van der Waals surface area contributed by atoms with Crippen LogP contribution in [0.2, 0.25) is 5.02 Å². The summed E-state index contributed by atoms with van der Waals surface area (Å²) in [5.74, 6) is -1.99. The number of carbonyl (C=O) groups excluding carboxylic acids is 1. The number of nitrogens with zero attached hydrogens (tertiary/aromatic N) is 1. The van der Waals surface area contributed by atoms with Crippen molar-refractivity contribution in [3.63, 3.8) is 0 Å². The number of ether oxygens (including phenoxy) is 1. The second-order valence-corrected chi connectivity index (χ2v) is 3.25. The summed E-state index contributed by atoms with van der Waals surface area (Å²) in [6.07, 6.45) is -2.83. The highest BCUT2D eigenvalue weighted by molar-refractivity contribution is 6.31. The molecule has 0 radical (unpaired) electrons. The lowest BCUT2D eigenvalue weighted by Gasteiger charge is -2.09. The Bertz CT molecular complexity index is 412. The van der Waals surface area contributed by atoms with Gasteiger partial charge in [0.2, 0.25) is 5.95 Å². The Kier molecular flexibility index (Phi) is 4.12. The minimum absolute atomic E-state index is 0.379. The molecule has 0 aliphatic rings. The van der Waals surface area contributed by atoms with E-state index < -0.39 is 35.9 Å². The fraction of sp³-hybridized carbons (Fsp3) is 0.333. The average Bonchev–Trinajstić information content (AvgIpc) is 2.22. The molecule has 16 heavy (non-hydrogen) atoms. The van der Waals surface area contributed by atoms with Crippen LogP contribution in [0.4, 0.5) is 13.2 Å². The summed E-state index contributed by atoms with van der Waals surface area (Å²) in [6, 6.07) is 0. The van der Waals surface area contributed by atoms with Gasteiger partial charge in [-0.3, -0.25) is 4.79 Å². The molecule has 0 aliphatic heterocycles. The van der Waals surface area contributed by atoms with Crippen LogP contribution in [-0.2, 0) is 16.0 Å². The monoisotopic (exact) mass is 253 g/mol. The second kappa shape index (κ2) is 5.16. The van der Waals surface area contributed by atoms with E-state index in [4.69, 9.17) is 11.6 Å². The first-order chi connectivity index (χ1) is 7.47. The third-order valence-corrected chi connectivity index (χ3v) is 2.19. The van der Waals surface area contributed by atoms with Gasteiger partial charge in [0.1, 0.15) is 0 Å². The molecule has 0 fully saturated rings. The van der Waals surface area contributed by atoms with Crippen LogP contribution in [0.25, 0.3) is 0 Å². The largest absolute Gasteiger partial charge is 0.469 e. The Morgan fingerprint density at radius 2 is 2.25 bits per heavy atom. The highest BCUT2D eigenvalue weighted by Gasteiger charge is 2.23. The molecule has 3 nitrogen and oxygen atoms in total. The zero-order valence-corrected chi connectivity index (χ0v) is 8.89. The summed E-state index contributed by atoms with van der Waals surface area (Å²) < 4.78 is 42.6. The van der Waals surface area contributed by atoms with Gasteiger partial charge in [-0.25, -0.2) is 13.8 Å². The third-order valence-electron chi connectivity index (χ3n) is 1.89. The number of carbonyl (C=O) groups is 1. The summed E-state index contributed by atoms with van der Waals surface area (Å²) in [5.41, 5.74) is -1.26. The second-order valence-electron chi connectivity index (χ2n) is 2.84. The lowest BCUT2D eigenvalue weighted by molar-refractivity contribution is -0.139. The molecule has 0 bridgehead atoms. The zero-order valence-electron chi connectivity index (χ0n) is 8.14. The molecule has 0 unspecified atom stereocenters. The zero-order chi connectivity index (χ0) is 12.3. The van der Waals surface area contributed by atoms with Crippen molar-refractivity contribution in [3.05, 3.63) is 28.3 Å². The van der Waals surface area contributed by atoms with Crippen LogP contribution in [-0.4, -0.2) is 18.1 Å². The first-order valence-corrected chi connectivity index (χ1v) is 4.53. The van der Waals surface area contributed by atoms with E-state index in [1.165, 1.54) is 0 Å². The van der Waals surface area contributed by atoms with Crippen molar-refractivity contribution in [1.29, 1.82) is 0 Å². The Balaban J connectivity index is 3.23. The van der Waals surface area contributed by atoms with Gasteiger partial charge in [0.15, 0.2) is 0 Å². The fourth-order valence-corrected chi connectivity index (χ4v) is 1.38. The van der Waals surface area contributed by atoms with E-state index in [-0.39, 0.29) is 5.02 Å². The van der Waals surface area contributed by atoms with E-state index in [0.717, 1.165) is 13.3 Å². The number of alkyl halides is 2. The molecule has 88 valence electrons. The predicted octanol–water partition coefficient (Wildman–Crippen LogP) is 2.53. The van der Waals surface area contributed by atoms with Gasteiger partial charge >= 0.3 is 5.97 Å². The topological polar surface area (TPSA) is 39.2 Å². The van der Waals surface area contributed by atoms with Crippen molar-refractivity contribution in [2.24, 2.45) is 0 Å².